The highest BCUT2D eigenvalue weighted by atomic mass is 32.2. The van der Waals surface area contributed by atoms with Gasteiger partial charge in [-0.1, -0.05) is 11.8 Å². The highest BCUT2D eigenvalue weighted by Gasteiger charge is 2.53. The number of methoxy groups -OCH3 is 3. The fourth-order valence-electron chi connectivity index (χ4n) is 5.08. The lowest BCUT2D eigenvalue weighted by atomic mass is 9.67. The van der Waals surface area contributed by atoms with Gasteiger partial charge in [0.25, 0.3) is 0 Å². The molecule has 0 radical (unpaired) electrons. The monoisotopic (exact) mass is 472 g/mol. The van der Waals surface area contributed by atoms with Crippen molar-refractivity contribution < 1.29 is 33.2 Å². The number of thioether (sulfide) groups is 1. The van der Waals surface area contributed by atoms with Crippen LogP contribution in [0.3, 0.4) is 0 Å². The Morgan fingerprint density at radius 3 is 2.21 bits per heavy atom. The number of fused-ring (bicyclic) bond motifs is 3. The van der Waals surface area contributed by atoms with Gasteiger partial charge < -0.3 is 34.2 Å². The molecular weight excluding hydrogens is 448 g/mol. The first-order valence-corrected chi connectivity index (χ1v) is 11.3. The van der Waals surface area contributed by atoms with Crippen LogP contribution in [0.15, 0.2) is 24.3 Å². The standard InChI is InChI=1S/C23H24N2O7S/c1-27-16-4-10(5-17(28-2)20(16)29-3)18-11-6-14-15(32-9-31-14)7-12(11)21(33-23(24)25)13-8-30-22(26)19(13)18/h4-7,13,18-19,21H,8-9H2,1-3H3,(H3,24,25)/t13-,18+,19-,21-/m1/s1. The van der Waals surface area contributed by atoms with E-state index in [1.165, 1.54) is 11.8 Å². The Morgan fingerprint density at radius 1 is 1.00 bits per heavy atom. The van der Waals surface area contributed by atoms with Gasteiger partial charge in [0.2, 0.25) is 12.5 Å². The molecule has 1 saturated heterocycles. The molecule has 5 rings (SSSR count). The predicted molar refractivity (Wildman–Crippen MR) is 121 cm³/mol. The van der Waals surface area contributed by atoms with E-state index in [0.29, 0.717) is 28.7 Å². The number of ether oxygens (including phenoxy) is 6. The fraction of sp³-hybridized carbons (Fsp3) is 0.391. The number of carbonyl (C=O) groups excluding carboxylic acids is 1. The molecule has 174 valence electrons. The first-order chi connectivity index (χ1) is 16.0. The molecule has 3 aliphatic rings. The summed E-state index contributed by atoms with van der Waals surface area (Å²) in [5, 5.41) is 7.65. The van der Waals surface area contributed by atoms with Crippen LogP contribution in [0.4, 0.5) is 0 Å². The molecule has 33 heavy (non-hydrogen) atoms. The highest BCUT2D eigenvalue weighted by molar-refractivity contribution is 8.13. The van der Waals surface area contributed by atoms with Crippen molar-refractivity contribution in [2.45, 2.75) is 11.2 Å². The molecule has 0 bridgehead atoms. The van der Waals surface area contributed by atoms with Crippen LogP contribution in [0.25, 0.3) is 0 Å². The van der Waals surface area contributed by atoms with E-state index in [4.69, 9.17) is 39.6 Å². The zero-order chi connectivity index (χ0) is 23.3. The van der Waals surface area contributed by atoms with Crippen molar-refractivity contribution in [1.82, 2.24) is 0 Å². The zero-order valence-electron chi connectivity index (χ0n) is 18.4. The van der Waals surface area contributed by atoms with Gasteiger partial charge in [-0.3, -0.25) is 10.2 Å². The maximum Gasteiger partial charge on any atom is 0.310 e. The summed E-state index contributed by atoms with van der Waals surface area (Å²) in [5.74, 6) is 1.43. The molecule has 1 fully saturated rings. The van der Waals surface area contributed by atoms with E-state index < -0.39 is 5.92 Å². The second-order valence-electron chi connectivity index (χ2n) is 7.99. The van der Waals surface area contributed by atoms with Crippen LogP contribution in [0.5, 0.6) is 28.7 Å². The highest BCUT2D eigenvalue weighted by Crippen LogP contribution is 2.58. The summed E-state index contributed by atoms with van der Waals surface area (Å²) in [7, 11) is 4.66. The lowest BCUT2D eigenvalue weighted by molar-refractivity contribution is -0.141. The summed E-state index contributed by atoms with van der Waals surface area (Å²) in [6.07, 6.45) is 0. The minimum absolute atomic E-state index is 0.0204. The minimum Gasteiger partial charge on any atom is -0.493 e. The van der Waals surface area contributed by atoms with E-state index in [1.807, 2.05) is 24.3 Å². The number of amidine groups is 1. The van der Waals surface area contributed by atoms with Crippen molar-refractivity contribution in [3.63, 3.8) is 0 Å². The SMILES string of the molecule is COc1cc([C@H]2c3cc4c(cc3[C@@H](SC(=N)N)[C@@H]3COC(=O)[C@@H]23)OCO4)cc(OC)c1OC. The summed E-state index contributed by atoms with van der Waals surface area (Å²) in [4.78, 5) is 13.0. The van der Waals surface area contributed by atoms with E-state index >= 15 is 0 Å². The molecular formula is C23H24N2O7S. The van der Waals surface area contributed by atoms with Crippen LogP contribution in [0, 0.1) is 17.2 Å². The number of benzene rings is 2. The van der Waals surface area contributed by atoms with Gasteiger partial charge in [-0.25, -0.2) is 0 Å². The van der Waals surface area contributed by atoms with Gasteiger partial charge in [0, 0.05) is 17.1 Å². The van der Waals surface area contributed by atoms with Gasteiger partial charge in [-0.2, -0.15) is 0 Å². The topological polar surface area (TPSA) is 122 Å². The average molecular weight is 473 g/mol. The zero-order valence-corrected chi connectivity index (χ0v) is 19.2. The summed E-state index contributed by atoms with van der Waals surface area (Å²) in [6, 6.07) is 7.58. The summed E-state index contributed by atoms with van der Waals surface area (Å²) in [6.45, 7) is 0.385. The molecule has 0 saturated carbocycles. The normalized spacial score (nSPS) is 24.5. The van der Waals surface area contributed by atoms with Crippen molar-refractivity contribution in [1.29, 1.82) is 5.41 Å². The Kier molecular flexibility index (Phi) is 5.40. The van der Waals surface area contributed by atoms with Gasteiger partial charge in [-0.15, -0.1) is 0 Å². The van der Waals surface area contributed by atoms with Crippen LogP contribution in [0.1, 0.15) is 27.9 Å². The predicted octanol–water partition coefficient (Wildman–Crippen LogP) is 3.04. The second-order valence-corrected chi connectivity index (χ2v) is 9.18. The van der Waals surface area contributed by atoms with Crippen LogP contribution in [-0.4, -0.2) is 45.9 Å². The summed E-state index contributed by atoms with van der Waals surface area (Å²) >= 11 is 1.22. The van der Waals surface area contributed by atoms with E-state index in [0.717, 1.165) is 16.7 Å². The van der Waals surface area contributed by atoms with E-state index in [9.17, 15) is 4.79 Å². The lowest BCUT2D eigenvalue weighted by Gasteiger charge is -2.38. The molecule has 4 atom stereocenters. The molecule has 3 N–H and O–H groups in total. The second kappa shape index (κ2) is 8.26. The maximum absolute atomic E-state index is 13.0. The maximum atomic E-state index is 13.0. The summed E-state index contributed by atoms with van der Waals surface area (Å²) < 4.78 is 33.4. The number of esters is 1. The minimum atomic E-state index is -0.475. The summed E-state index contributed by atoms with van der Waals surface area (Å²) in [5.41, 5.74) is 8.44. The van der Waals surface area contributed by atoms with Gasteiger partial charge in [-0.05, 0) is 41.0 Å². The molecule has 1 aliphatic carbocycles. The van der Waals surface area contributed by atoms with Crippen molar-refractivity contribution >= 4 is 22.9 Å². The molecule has 2 aromatic carbocycles. The quantitative estimate of drug-likeness (QED) is 0.384. The Bertz CT molecular complexity index is 1110. The van der Waals surface area contributed by atoms with Gasteiger partial charge in [0.1, 0.15) is 0 Å². The Morgan fingerprint density at radius 2 is 1.64 bits per heavy atom. The third kappa shape index (κ3) is 3.40. The molecule has 9 nitrogen and oxygen atoms in total. The first kappa shape index (κ1) is 21.6. The number of cyclic esters (lactones) is 1. The van der Waals surface area contributed by atoms with Gasteiger partial charge >= 0.3 is 5.97 Å². The van der Waals surface area contributed by atoms with Crippen molar-refractivity contribution in [2.24, 2.45) is 17.6 Å². The Labute approximate surface area is 194 Å². The van der Waals surface area contributed by atoms with Crippen LogP contribution in [-0.2, 0) is 9.53 Å². The number of hydrogen-bond donors (Lipinski definition) is 2. The molecule has 0 amide bonds. The van der Waals surface area contributed by atoms with Crippen LogP contribution >= 0.6 is 11.8 Å². The van der Waals surface area contributed by atoms with Crippen LogP contribution in [0.2, 0.25) is 0 Å². The average Bonchev–Trinajstić information content (AvgIpc) is 3.43. The number of carbonyl (C=O) groups is 1. The smallest absolute Gasteiger partial charge is 0.310 e. The number of rotatable bonds is 5. The third-order valence-electron chi connectivity index (χ3n) is 6.42. The molecule has 0 spiro atoms. The van der Waals surface area contributed by atoms with Crippen molar-refractivity contribution in [3.8, 4) is 28.7 Å². The molecule has 10 heteroatoms. The van der Waals surface area contributed by atoms with Crippen LogP contribution < -0.4 is 29.4 Å². The number of hydrogen-bond acceptors (Lipinski definition) is 9. The molecule has 2 heterocycles. The first-order valence-electron chi connectivity index (χ1n) is 10.4. The van der Waals surface area contributed by atoms with E-state index in [1.54, 1.807) is 21.3 Å². The number of nitrogens with one attached hydrogen (secondary N) is 1. The third-order valence-corrected chi connectivity index (χ3v) is 7.53. The molecule has 2 aromatic rings. The molecule has 0 aromatic heterocycles. The molecule has 2 aliphatic heterocycles. The van der Waals surface area contributed by atoms with Crippen molar-refractivity contribution in [3.05, 3.63) is 41.0 Å². The van der Waals surface area contributed by atoms with Gasteiger partial charge in [0.05, 0.1) is 33.9 Å². The largest absolute Gasteiger partial charge is 0.493 e. The number of nitrogens with two attached hydrogens (primary N) is 1. The Hall–Kier alpha value is -3.27. The molecule has 0 unspecified atom stereocenters. The van der Waals surface area contributed by atoms with Gasteiger partial charge in [0.15, 0.2) is 28.2 Å². The lowest BCUT2D eigenvalue weighted by Crippen LogP contribution is -2.34. The van der Waals surface area contributed by atoms with E-state index in [2.05, 4.69) is 0 Å². The Balaban J connectivity index is 1.75. The van der Waals surface area contributed by atoms with E-state index in [-0.39, 0.29) is 41.6 Å². The van der Waals surface area contributed by atoms with Crippen molar-refractivity contribution in [2.75, 3.05) is 34.7 Å². The fourth-order valence-corrected chi connectivity index (χ4v) is 6.11.